The van der Waals surface area contributed by atoms with Crippen LogP contribution in [0.2, 0.25) is 0 Å². The summed E-state index contributed by atoms with van der Waals surface area (Å²) in [6.45, 7) is 4.28. The van der Waals surface area contributed by atoms with Gasteiger partial charge in [-0.2, -0.15) is 0 Å². The molecule has 1 atom stereocenters. The highest BCUT2D eigenvalue weighted by Crippen LogP contribution is 2.05. The molecule has 1 aromatic rings. The van der Waals surface area contributed by atoms with Gasteiger partial charge in [0.1, 0.15) is 0 Å². The Balaban J connectivity index is 2.41. The number of carbonyl (C=O) groups excluding carboxylic acids is 1. The largest absolute Gasteiger partial charge is 0.465 e. The molecule has 0 spiro atoms. The number of aliphatic hydroxyl groups excluding tert-OH is 1. The van der Waals surface area contributed by atoms with Crippen LogP contribution in [-0.4, -0.2) is 46.3 Å². The molecule has 6 nitrogen and oxygen atoms in total. The first kappa shape index (κ1) is 18.0. The second kappa shape index (κ2) is 9.04. The zero-order valence-electron chi connectivity index (χ0n) is 13.0. The van der Waals surface area contributed by atoms with Crippen molar-refractivity contribution in [2.24, 2.45) is 5.92 Å². The van der Waals surface area contributed by atoms with E-state index < -0.39 is 12.2 Å². The fourth-order valence-corrected chi connectivity index (χ4v) is 1.83. The predicted molar refractivity (Wildman–Crippen MR) is 83.3 cm³/mol. The SMILES string of the molecule is CC(C)C(O)CNC(=O)CCN(Cc1ccccc1)C(=O)O. The van der Waals surface area contributed by atoms with E-state index >= 15 is 0 Å². The van der Waals surface area contributed by atoms with Crippen molar-refractivity contribution in [3.63, 3.8) is 0 Å². The molecule has 0 radical (unpaired) electrons. The molecule has 6 heteroatoms. The third kappa shape index (κ3) is 6.58. The first-order valence-electron chi connectivity index (χ1n) is 7.36. The van der Waals surface area contributed by atoms with Crippen molar-refractivity contribution >= 4 is 12.0 Å². The highest BCUT2D eigenvalue weighted by atomic mass is 16.4. The number of benzene rings is 1. The standard InChI is InChI=1S/C16H24N2O4/c1-12(2)14(19)10-17-15(20)8-9-18(16(21)22)11-13-6-4-3-5-7-13/h3-7,12,14,19H,8-11H2,1-2H3,(H,17,20)(H,21,22). The summed E-state index contributed by atoms with van der Waals surface area (Å²) >= 11 is 0. The first-order chi connectivity index (χ1) is 10.4. The zero-order valence-corrected chi connectivity index (χ0v) is 13.0. The van der Waals surface area contributed by atoms with Crippen molar-refractivity contribution in [3.05, 3.63) is 35.9 Å². The van der Waals surface area contributed by atoms with E-state index in [-0.39, 0.29) is 37.9 Å². The maximum absolute atomic E-state index is 11.7. The van der Waals surface area contributed by atoms with E-state index in [1.807, 2.05) is 44.2 Å². The molecule has 3 N–H and O–H groups in total. The molecule has 0 aliphatic carbocycles. The number of nitrogens with zero attached hydrogens (tertiary/aromatic N) is 1. The summed E-state index contributed by atoms with van der Waals surface area (Å²) in [6, 6.07) is 9.23. The van der Waals surface area contributed by atoms with Crippen LogP contribution < -0.4 is 5.32 Å². The van der Waals surface area contributed by atoms with Crippen LogP contribution in [0.3, 0.4) is 0 Å². The van der Waals surface area contributed by atoms with Crippen molar-refractivity contribution in [2.75, 3.05) is 13.1 Å². The minimum atomic E-state index is -1.06. The van der Waals surface area contributed by atoms with Crippen LogP contribution in [0.25, 0.3) is 0 Å². The molecule has 122 valence electrons. The highest BCUT2D eigenvalue weighted by molar-refractivity contribution is 5.76. The lowest BCUT2D eigenvalue weighted by atomic mass is 10.1. The zero-order chi connectivity index (χ0) is 16.5. The minimum absolute atomic E-state index is 0.0638. The smallest absolute Gasteiger partial charge is 0.407 e. The molecule has 0 fully saturated rings. The summed E-state index contributed by atoms with van der Waals surface area (Å²) in [5, 5.41) is 21.4. The number of carboxylic acid groups (broad SMARTS) is 1. The molecule has 1 aromatic carbocycles. The van der Waals surface area contributed by atoms with Gasteiger partial charge in [0.2, 0.25) is 5.91 Å². The molecule has 0 aliphatic heterocycles. The number of nitrogens with one attached hydrogen (secondary N) is 1. The Morgan fingerprint density at radius 1 is 1.23 bits per heavy atom. The lowest BCUT2D eigenvalue weighted by molar-refractivity contribution is -0.121. The number of amides is 2. The monoisotopic (exact) mass is 308 g/mol. The predicted octanol–water partition coefficient (Wildman–Crippen LogP) is 1.69. The fourth-order valence-electron chi connectivity index (χ4n) is 1.83. The van der Waals surface area contributed by atoms with Crippen LogP contribution in [-0.2, 0) is 11.3 Å². The van der Waals surface area contributed by atoms with Crippen LogP contribution in [0.5, 0.6) is 0 Å². The number of hydrogen-bond acceptors (Lipinski definition) is 3. The van der Waals surface area contributed by atoms with Crippen LogP contribution in [0.1, 0.15) is 25.8 Å². The molecule has 2 amide bonds. The summed E-state index contributed by atoms with van der Waals surface area (Å²) in [5.74, 6) is -0.201. The summed E-state index contributed by atoms with van der Waals surface area (Å²) in [7, 11) is 0. The van der Waals surface area contributed by atoms with Crippen molar-refractivity contribution in [3.8, 4) is 0 Å². The van der Waals surface area contributed by atoms with Crippen molar-refractivity contribution < 1.29 is 19.8 Å². The maximum atomic E-state index is 11.7. The summed E-state index contributed by atoms with van der Waals surface area (Å²) in [5.41, 5.74) is 0.875. The third-order valence-corrected chi connectivity index (χ3v) is 3.37. The first-order valence-corrected chi connectivity index (χ1v) is 7.36. The number of carbonyl (C=O) groups is 2. The van der Waals surface area contributed by atoms with Gasteiger partial charge >= 0.3 is 6.09 Å². The van der Waals surface area contributed by atoms with Gasteiger partial charge in [-0.1, -0.05) is 44.2 Å². The molecule has 1 unspecified atom stereocenters. The molecule has 22 heavy (non-hydrogen) atoms. The van der Waals surface area contributed by atoms with Crippen LogP contribution >= 0.6 is 0 Å². The Labute approximate surface area is 130 Å². The minimum Gasteiger partial charge on any atom is -0.465 e. The number of hydrogen-bond donors (Lipinski definition) is 3. The summed E-state index contributed by atoms with van der Waals surface area (Å²) in [4.78, 5) is 24.1. The number of rotatable bonds is 8. The third-order valence-electron chi connectivity index (χ3n) is 3.37. The average molecular weight is 308 g/mol. The average Bonchev–Trinajstić information content (AvgIpc) is 2.49. The molecule has 0 heterocycles. The second-order valence-electron chi connectivity index (χ2n) is 5.56. The fraction of sp³-hybridized carbons (Fsp3) is 0.500. The van der Waals surface area contributed by atoms with Crippen LogP contribution in [0, 0.1) is 5.92 Å². The second-order valence-corrected chi connectivity index (χ2v) is 5.56. The van der Waals surface area contributed by atoms with Crippen molar-refractivity contribution in [2.45, 2.75) is 32.9 Å². The van der Waals surface area contributed by atoms with E-state index in [0.29, 0.717) is 0 Å². The Hall–Kier alpha value is -2.08. The normalized spacial score (nSPS) is 12.0. The van der Waals surface area contributed by atoms with E-state index in [1.165, 1.54) is 4.90 Å². The summed E-state index contributed by atoms with van der Waals surface area (Å²) < 4.78 is 0. The van der Waals surface area contributed by atoms with Gasteiger partial charge in [0.25, 0.3) is 0 Å². The van der Waals surface area contributed by atoms with Gasteiger partial charge in [-0.25, -0.2) is 4.79 Å². The Morgan fingerprint density at radius 2 is 1.86 bits per heavy atom. The van der Waals surface area contributed by atoms with Gasteiger partial charge < -0.3 is 20.4 Å². The van der Waals surface area contributed by atoms with E-state index in [2.05, 4.69) is 5.32 Å². The van der Waals surface area contributed by atoms with Gasteiger partial charge in [0.05, 0.1) is 6.10 Å². The molecular formula is C16H24N2O4. The molecule has 0 saturated heterocycles. The van der Waals surface area contributed by atoms with Crippen LogP contribution in [0.15, 0.2) is 30.3 Å². The Morgan fingerprint density at radius 3 is 2.41 bits per heavy atom. The molecule has 0 bridgehead atoms. The highest BCUT2D eigenvalue weighted by Gasteiger charge is 2.15. The van der Waals surface area contributed by atoms with Gasteiger partial charge in [-0.15, -0.1) is 0 Å². The van der Waals surface area contributed by atoms with Gasteiger partial charge in [-0.3, -0.25) is 4.79 Å². The maximum Gasteiger partial charge on any atom is 0.407 e. The lowest BCUT2D eigenvalue weighted by Gasteiger charge is -2.20. The molecule has 1 rings (SSSR count). The molecule has 0 aliphatic rings. The van der Waals surface area contributed by atoms with E-state index in [1.54, 1.807) is 0 Å². The topological polar surface area (TPSA) is 89.9 Å². The van der Waals surface area contributed by atoms with Gasteiger partial charge in [0.15, 0.2) is 0 Å². The number of aliphatic hydroxyl groups is 1. The van der Waals surface area contributed by atoms with Gasteiger partial charge in [0, 0.05) is 26.1 Å². The van der Waals surface area contributed by atoms with Gasteiger partial charge in [-0.05, 0) is 11.5 Å². The Bertz CT molecular complexity index is 476. The quantitative estimate of drug-likeness (QED) is 0.681. The molecule has 0 aromatic heterocycles. The van der Waals surface area contributed by atoms with Crippen LogP contribution in [0.4, 0.5) is 4.79 Å². The van der Waals surface area contributed by atoms with Crippen molar-refractivity contribution in [1.29, 1.82) is 0 Å². The van der Waals surface area contributed by atoms with E-state index in [9.17, 15) is 19.8 Å². The van der Waals surface area contributed by atoms with E-state index in [0.717, 1.165) is 5.56 Å². The Kier molecular flexibility index (Phi) is 7.39. The van der Waals surface area contributed by atoms with E-state index in [4.69, 9.17) is 0 Å². The molecular weight excluding hydrogens is 284 g/mol. The summed E-state index contributed by atoms with van der Waals surface area (Å²) in [6.07, 6.45) is -1.58. The molecule has 0 saturated carbocycles. The lowest BCUT2D eigenvalue weighted by Crippen LogP contribution is -2.37. The van der Waals surface area contributed by atoms with Crippen molar-refractivity contribution in [1.82, 2.24) is 10.2 Å².